The summed E-state index contributed by atoms with van der Waals surface area (Å²) in [5.74, 6) is -0.759. The molecule has 2 N–H and O–H groups in total. The van der Waals surface area contributed by atoms with Crippen molar-refractivity contribution in [3.8, 4) is 0 Å². The van der Waals surface area contributed by atoms with Crippen molar-refractivity contribution in [3.05, 3.63) is 58.4 Å². The number of benzene rings is 1. The second kappa shape index (κ2) is 7.74. The summed E-state index contributed by atoms with van der Waals surface area (Å²) in [4.78, 5) is 28.7. The third kappa shape index (κ3) is 4.07. The highest BCUT2D eigenvalue weighted by Crippen LogP contribution is 2.23. The molecule has 2 amide bonds. The molecule has 5 nitrogen and oxygen atoms in total. The highest BCUT2D eigenvalue weighted by Gasteiger charge is 2.18. The Labute approximate surface area is 140 Å². The van der Waals surface area contributed by atoms with Crippen molar-refractivity contribution in [1.82, 2.24) is 10.3 Å². The topological polar surface area (TPSA) is 71.1 Å². The minimum atomic E-state index is -0.398. The zero-order valence-electron chi connectivity index (χ0n) is 13.0. The monoisotopic (exact) mass is 331 g/mol. The van der Waals surface area contributed by atoms with Crippen molar-refractivity contribution < 1.29 is 9.59 Å². The largest absolute Gasteiger partial charge is 0.351 e. The molecule has 0 aliphatic heterocycles. The van der Waals surface area contributed by atoms with Crippen LogP contribution >= 0.6 is 11.6 Å². The lowest BCUT2D eigenvalue weighted by atomic mass is 10.1. The molecule has 0 fully saturated rings. The van der Waals surface area contributed by atoms with Gasteiger partial charge in [0, 0.05) is 23.5 Å². The Morgan fingerprint density at radius 2 is 1.96 bits per heavy atom. The summed E-state index contributed by atoms with van der Waals surface area (Å²) in [7, 11) is 0. The summed E-state index contributed by atoms with van der Waals surface area (Å²) in [5.41, 5.74) is 1.70. The maximum absolute atomic E-state index is 12.5. The van der Waals surface area contributed by atoms with Gasteiger partial charge in [0.05, 0.1) is 5.56 Å². The highest BCUT2D eigenvalue weighted by atomic mass is 35.5. The SMILES string of the molecule is CCCNC(=O)c1ncccc1C(=O)Nc1cccc(Cl)c1C. The van der Waals surface area contributed by atoms with E-state index in [1.54, 1.807) is 30.3 Å². The van der Waals surface area contributed by atoms with Crippen molar-refractivity contribution in [3.63, 3.8) is 0 Å². The second-order valence-corrected chi connectivity index (χ2v) is 5.43. The Kier molecular flexibility index (Phi) is 5.71. The smallest absolute Gasteiger partial charge is 0.270 e. The highest BCUT2D eigenvalue weighted by molar-refractivity contribution is 6.31. The third-order valence-corrected chi connectivity index (χ3v) is 3.73. The summed E-state index contributed by atoms with van der Waals surface area (Å²) in [6.45, 7) is 4.30. The second-order valence-electron chi connectivity index (χ2n) is 5.02. The number of halogens is 1. The number of pyridine rings is 1. The first kappa shape index (κ1) is 17.0. The fraction of sp³-hybridized carbons (Fsp3) is 0.235. The maximum Gasteiger partial charge on any atom is 0.270 e. The van der Waals surface area contributed by atoms with E-state index in [0.29, 0.717) is 17.3 Å². The molecule has 1 aromatic heterocycles. The number of amides is 2. The standard InChI is InChI=1S/C17H18ClN3O2/c1-3-9-20-17(23)15-12(6-5-10-19-15)16(22)21-14-8-4-7-13(18)11(14)2/h4-8,10H,3,9H2,1-2H3,(H,20,23)(H,21,22). The van der Waals surface area contributed by atoms with Gasteiger partial charge < -0.3 is 10.6 Å². The van der Waals surface area contributed by atoms with Gasteiger partial charge in [-0.05, 0) is 43.2 Å². The van der Waals surface area contributed by atoms with Crippen LogP contribution in [0, 0.1) is 6.92 Å². The number of aromatic nitrogens is 1. The number of nitrogens with one attached hydrogen (secondary N) is 2. The molecule has 0 bridgehead atoms. The van der Waals surface area contributed by atoms with Gasteiger partial charge in [-0.25, -0.2) is 0 Å². The number of carbonyl (C=O) groups excluding carboxylic acids is 2. The summed E-state index contributed by atoms with van der Waals surface area (Å²) in [6.07, 6.45) is 2.30. The van der Waals surface area contributed by atoms with Gasteiger partial charge in [0.25, 0.3) is 11.8 Å². The van der Waals surface area contributed by atoms with E-state index in [0.717, 1.165) is 12.0 Å². The molecule has 1 aromatic carbocycles. The average molecular weight is 332 g/mol. The molecule has 0 unspecified atom stereocenters. The predicted octanol–water partition coefficient (Wildman–Crippen LogP) is 3.44. The predicted molar refractivity (Wildman–Crippen MR) is 91.0 cm³/mol. The van der Waals surface area contributed by atoms with Gasteiger partial charge in [-0.15, -0.1) is 0 Å². The van der Waals surface area contributed by atoms with Crippen LogP contribution in [0.5, 0.6) is 0 Å². The Hall–Kier alpha value is -2.40. The van der Waals surface area contributed by atoms with Crippen LogP contribution in [0.4, 0.5) is 5.69 Å². The Morgan fingerprint density at radius 1 is 1.17 bits per heavy atom. The van der Waals surface area contributed by atoms with Crippen LogP contribution in [-0.4, -0.2) is 23.3 Å². The Balaban J connectivity index is 2.26. The number of hydrogen-bond acceptors (Lipinski definition) is 3. The molecule has 0 atom stereocenters. The molecule has 0 aliphatic rings. The van der Waals surface area contributed by atoms with Gasteiger partial charge in [0.1, 0.15) is 5.69 Å². The van der Waals surface area contributed by atoms with Crippen LogP contribution in [0.3, 0.4) is 0 Å². The molecule has 2 rings (SSSR count). The van der Waals surface area contributed by atoms with Gasteiger partial charge in [-0.2, -0.15) is 0 Å². The Bertz CT molecular complexity index is 732. The number of nitrogens with zero attached hydrogens (tertiary/aromatic N) is 1. The van der Waals surface area contributed by atoms with Gasteiger partial charge in [0.15, 0.2) is 0 Å². The molecule has 2 aromatic rings. The van der Waals surface area contributed by atoms with Crippen LogP contribution in [0.2, 0.25) is 5.02 Å². The van der Waals surface area contributed by atoms with Crippen molar-refractivity contribution >= 4 is 29.1 Å². The Morgan fingerprint density at radius 3 is 2.70 bits per heavy atom. The molecule has 0 aliphatic carbocycles. The number of rotatable bonds is 5. The molecule has 0 spiro atoms. The first-order valence-electron chi connectivity index (χ1n) is 7.34. The van der Waals surface area contributed by atoms with Crippen LogP contribution in [-0.2, 0) is 0 Å². The number of anilines is 1. The minimum absolute atomic E-state index is 0.109. The van der Waals surface area contributed by atoms with Crippen molar-refractivity contribution in [2.75, 3.05) is 11.9 Å². The van der Waals surface area contributed by atoms with E-state index in [4.69, 9.17) is 11.6 Å². The van der Waals surface area contributed by atoms with Crippen LogP contribution in [0.1, 0.15) is 39.8 Å². The molecule has 0 radical (unpaired) electrons. The van der Waals surface area contributed by atoms with E-state index in [1.807, 2.05) is 13.8 Å². The van der Waals surface area contributed by atoms with E-state index < -0.39 is 5.91 Å². The van der Waals surface area contributed by atoms with E-state index in [9.17, 15) is 9.59 Å². The van der Waals surface area contributed by atoms with Crippen LogP contribution in [0.25, 0.3) is 0 Å². The molecule has 0 saturated heterocycles. The van der Waals surface area contributed by atoms with Gasteiger partial charge in [0.2, 0.25) is 0 Å². The third-order valence-electron chi connectivity index (χ3n) is 3.32. The van der Waals surface area contributed by atoms with Gasteiger partial charge in [-0.3, -0.25) is 14.6 Å². The van der Waals surface area contributed by atoms with Crippen LogP contribution < -0.4 is 10.6 Å². The fourth-order valence-corrected chi connectivity index (χ4v) is 2.20. The lowest BCUT2D eigenvalue weighted by Crippen LogP contribution is -2.28. The van der Waals surface area contributed by atoms with Crippen molar-refractivity contribution in [2.45, 2.75) is 20.3 Å². The molecular formula is C17H18ClN3O2. The lowest BCUT2D eigenvalue weighted by molar-refractivity contribution is 0.0935. The number of hydrogen-bond donors (Lipinski definition) is 2. The quantitative estimate of drug-likeness (QED) is 0.881. The summed E-state index contributed by atoms with van der Waals surface area (Å²) in [6, 6.07) is 8.45. The molecule has 120 valence electrons. The van der Waals surface area contributed by atoms with Gasteiger partial charge >= 0.3 is 0 Å². The van der Waals surface area contributed by atoms with E-state index in [-0.39, 0.29) is 17.2 Å². The number of carbonyl (C=O) groups is 2. The lowest BCUT2D eigenvalue weighted by Gasteiger charge is -2.11. The normalized spacial score (nSPS) is 10.2. The van der Waals surface area contributed by atoms with Crippen molar-refractivity contribution in [2.24, 2.45) is 0 Å². The minimum Gasteiger partial charge on any atom is -0.351 e. The molecular weight excluding hydrogens is 314 g/mol. The summed E-state index contributed by atoms with van der Waals surface area (Å²) >= 11 is 6.05. The molecule has 0 saturated carbocycles. The zero-order valence-corrected chi connectivity index (χ0v) is 13.8. The first-order valence-corrected chi connectivity index (χ1v) is 7.72. The molecule has 23 heavy (non-hydrogen) atoms. The fourth-order valence-electron chi connectivity index (χ4n) is 2.02. The summed E-state index contributed by atoms with van der Waals surface area (Å²) in [5, 5.41) is 6.07. The van der Waals surface area contributed by atoms with E-state index in [1.165, 1.54) is 6.20 Å². The molecule has 1 heterocycles. The van der Waals surface area contributed by atoms with Gasteiger partial charge in [-0.1, -0.05) is 24.6 Å². The van der Waals surface area contributed by atoms with E-state index in [2.05, 4.69) is 15.6 Å². The maximum atomic E-state index is 12.5. The summed E-state index contributed by atoms with van der Waals surface area (Å²) < 4.78 is 0. The molecule has 6 heteroatoms. The van der Waals surface area contributed by atoms with E-state index >= 15 is 0 Å². The zero-order chi connectivity index (χ0) is 16.8. The first-order chi connectivity index (χ1) is 11.0. The average Bonchev–Trinajstić information content (AvgIpc) is 2.56. The van der Waals surface area contributed by atoms with Crippen molar-refractivity contribution in [1.29, 1.82) is 0 Å². The van der Waals surface area contributed by atoms with Crippen LogP contribution in [0.15, 0.2) is 36.5 Å².